The minimum Gasteiger partial charge on any atom is -0.354 e. The fraction of sp³-hybridized carbons (Fsp3) is 0.238. The van der Waals surface area contributed by atoms with E-state index in [1.807, 2.05) is 0 Å². The van der Waals surface area contributed by atoms with Crippen molar-refractivity contribution in [2.24, 2.45) is 5.73 Å². The highest BCUT2D eigenvalue weighted by molar-refractivity contribution is 5.91. The summed E-state index contributed by atoms with van der Waals surface area (Å²) in [5.74, 6) is -2.78. The molecule has 152 valence electrons. The first-order chi connectivity index (χ1) is 13.9. The number of aromatic amines is 1. The van der Waals surface area contributed by atoms with Crippen LogP contribution in [0.4, 0.5) is 13.2 Å². The number of hydrogen-bond acceptors (Lipinski definition) is 3. The van der Waals surface area contributed by atoms with E-state index in [2.05, 4.69) is 10.3 Å². The molecule has 2 aromatic carbocycles. The van der Waals surface area contributed by atoms with Gasteiger partial charge in [0.15, 0.2) is 11.6 Å². The zero-order chi connectivity index (χ0) is 21.0. The minimum absolute atomic E-state index is 0.0229. The highest BCUT2D eigenvalue weighted by atomic mass is 19.2. The molecular formula is C21H20F3N3O2. The molecule has 0 bridgehead atoms. The van der Waals surface area contributed by atoms with Crippen molar-refractivity contribution in [3.8, 4) is 11.3 Å². The van der Waals surface area contributed by atoms with E-state index in [0.717, 1.165) is 12.1 Å². The van der Waals surface area contributed by atoms with Gasteiger partial charge in [0.2, 0.25) is 5.91 Å². The Balaban J connectivity index is 1.93. The molecule has 0 fully saturated rings. The van der Waals surface area contributed by atoms with Crippen LogP contribution in [0.15, 0.2) is 36.4 Å². The van der Waals surface area contributed by atoms with E-state index < -0.39 is 23.5 Å². The summed E-state index contributed by atoms with van der Waals surface area (Å²) in [5.41, 5.74) is 7.54. The monoisotopic (exact) mass is 403 g/mol. The van der Waals surface area contributed by atoms with Crippen molar-refractivity contribution < 1.29 is 22.8 Å². The summed E-state index contributed by atoms with van der Waals surface area (Å²) in [7, 11) is 0. The number of carbonyl (C=O) groups excluding carboxylic acids is 2. The number of halogens is 3. The van der Waals surface area contributed by atoms with Crippen LogP contribution in [0.2, 0.25) is 0 Å². The standard InChI is InChI=1S/C21H20F3N3O2/c22-13-3-1-12(2-4-13)21-15(5-6-20(29)26-14(11-28)7-8-25)16-9-17(23)18(24)10-19(16)27-21/h1-4,9-11,14,27H,5-8,25H2,(H,26,29). The highest BCUT2D eigenvalue weighted by Gasteiger charge is 2.18. The average Bonchev–Trinajstić information content (AvgIpc) is 3.04. The third kappa shape index (κ3) is 4.65. The lowest BCUT2D eigenvalue weighted by atomic mass is 10.0. The number of nitrogens with one attached hydrogen (secondary N) is 2. The van der Waals surface area contributed by atoms with E-state index in [0.29, 0.717) is 40.4 Å². The van der Waals surface area contributed by atoms with Gasteiger partial charge in [-0.25, -0.2) is 13.2 Å². The Morgan fingerprint density at radius 3 is 2.48 bits per heavy atom. The van der Waals surface area contributed by atoms with Crippen molar-refractivity contribution in [3.05, 3.63) is 59.4 Å². The largest absolute Gasteiger partial charge is 0.354 e. The molecule has 1 heterocycles. The molecular weight excluding hydrogens is 383 g/mol. The predicted octanol–water partition coefficient (Wildman–Crippen LogP) is 3.22. The van der Waals surface area contributed by atoms with Gasteiger partial charge in [-0.05, 0) is 60.8 Å². The molecule has 0 saturated heterocycles. The SMILES string of the molecule is NCCC(C=O)NC(=O)CCc1c(-c2ccc(F)cc2)[nH]c2cc(F)c(F)cc12. The number of nitrogens with two attached hydrogens (primary N) is 1. The van der Waals surface area contributed by atoms with Crippen LogP contribution in [0.25, 0.3) is 22.2 Å². The van der Waals surface area contributed by atoms with Crippen LogP contribution in [0.3, 0.4) is 0 Å². The maximum atomic E-state index is 13.8. The van der Waals surface area contributed by atoms with E-state index >= 15 is 0 Å². The molecule has 3 rings (SSSR count). The number of rotatable bonds is 8. The van der Waals surface area contributed by atoms with E-state index in [1.165, 1.54) is 12.1 Å². The Morgan fingerprint density at radius 2 is 1.83 bits per heavy atom. The molecule has 4 N–H and O–H groups in total. The van der Waals surface area contributed by atoms with Gasteiger partial charge in [0, 0.05) is 29.1 Å². The zero-order valence-electron chi connectivity index (χ0n) is 15.5. The first kappa shape index (κ1) is 20.6. The Labute approximate surface area is 165 Å². The second-order valence-electron chi connectivity index (χ2n) is 6.68. The Bertz CT molecular complexity index is 1030. The van der Waals surface area contributed by atoms with Crippen molar-refractivity contribution in [1.82, 2.24) is 10.3 Å². The molecule has 1 aromatic heterocycles. The van der Waals surface area contributed by atoms with Gasteiger partial charge in [-0.1, -0.05) is 0 Å². The molecule has 3 aromatic rings. The number of fused-ring (bicyclic) bond motifs is 1. The molecule has 0 aliphatic heterocycles. The zero-order valence-corrected chi connectivity index (χ0v) is 15.5. The number of carbonyl (C=O) groups is 2. The molecule has 0 spiro atoms. The van der Waals surface area contributed by atoms with E-state index in [9.17, 15) is 22.8 Å². The molecule has 29 heavy (non-hydrogen) atoms. The average molecular weight is 403 g/mol. The van der Waals surface area contributed by atoms with Crippen molar-refractivity contribution in [2.45, 2.75) is 25.3 Å². The van der Waals surface area contributed by atoms with Crippen molar-refractivity contribution >= 4 is 23.1 Å². The molecule has 0 saturated carbocycles. The Morgan fingerprint density at radius 1 is 1.14 bits per heavy atom. The van der Waals surface area contributed by atoms with Crippen LogP contribution < -0.4 is 11.1 Å². The van der Waals surface area contributed by atoms with Gasteiger partial charge in [0.05, 0.1) is 6.04 Å². The number of aryl methyl sites for hydroxylation is 1. The van der Waals surface area contributed by atoms with Crippen LogP contribution in [0, 0.1) is 17.5 Å². The molecule has 0 radical (unpaired) electrons. The summed E-state index contributed by atoms with van der Waals surface area (Å²) in [5, 5.41) is 3.02. The summed E-state index contributed by atoms with van der Waals surface area (Å²) in [6.07, 6.45) is 1.18. The summed E-state index contributed by atoms with van der Waals surface area (Å²) in [6.45, 7) is 0.256. The van der Waals surface area contributed by atoms with Crippen LogP contribution in [0.1, 0.15) is 18.4 Å². The number of aromatic nitrogens is 1. The third-order valence-electron chi connectivity index (χ3n) is 4.67. The quantitative estimate of drug-likeness (QED) is 0.505. The number of amides is 1. The summed E-state index contributed by atoms with van der Waals surface area (Å²) in [6, 6.07) is 7.09. The minimum atomic E-state index is -1.00. The fourth-order valence-corrected chi connectivity index (χ4v) is 3.24. The second-order valence-corrected chi connectivity index (χ2v) is 6.68. The number of benzene rings is 2. The normalized spacial score (nSPS) is 12.1. The van der Waals surface area contributed by atoms with Gasteiger partial charge in [0.25, 0.3) is 0 Å². The first-order valence-electron chi connectivity index (χ1n) is 9.13. The van der Waals surface area contributed by atoms with Crippen LogP contribution in [-0.4, -0.2) is 29.8 Å². The maximum absolute atomic E-state index is 13.8. The van der Waals surface area contributed by atoms with E-state index in [1.54, 1.807) is 12.1 Å². The molecule has 1 atom stereocenters. The van der Waals surface area contributed by atoms with Gasteiger partial charge in [-0.3, -0.25) is 4.79 Å². The van der Waals surface area contributed by atoms with Gasteiger partial charge >= 0.3 is 0 Å². The van der Waals surface area contributed by atoms with Crippen molar-refractivity contribution in [3.63, 3.8) is 0 Å². The van der Waals surface area contributed by atoms with E-state index in [4.69, 9.17) is 5.73 Å². The topological polar surface area (TPSA) is 88.0 Å². The third-order valence-corrected chi connectivity index (χ3v) is 4.67. The van der Waals surface area contributed by atoms with Crippen molar-refractivity contribution in [1.29, 1.82) is 0 Å². The second kappa shape index (κ2) is 8.91. The lowest BCUT2D eigenvalue weighted by Gasteiger charge is -2.12. The van der Waals surface area contributed by atoms with Crippen LogP contribution in [0.5, 0.6) is 0 Å². The smallest absolute Gasteiger partial charge is 0.220 e. The molecule has 0 aliphatic carbocycles. The Kier molecular flexibility index (Phi) is 6.33. The lowest BCUT2D eigenvalue weighted by Crippen LogP contribution is -2.37. The summed E-state index contributed by atoms with van der Waals surface area (Å²) in [4.78, 5) is 26.2. The Hall–Kier alpha value is -3.13. The molecule has 8 heteroatoms. The predicted molar refractivity (Wildman–Crippen MR) is 104 cm³/mol. The fourth-order valence-electron chi connectivity index (χ4n) is 3.24. The summed E-state index contributed by atoms with van der Waals surface area (Å²) >= 11 is 0. The molecule has 1 unspecified atom stereocenters. The van der Waals surface area contributed by atoms with Crippen LogP contribution in [-0.2, 0) is 16.0 Å². The molecule has 0 aliphatic rings. The molecule has 5 nitrogen and oxygen atoms in total. The van der Waals surface area contributed by atoms with Crippen molar-refractivity contribution in [2.75, 3.05) is 6.54 Å². The van der Waals surface area contributed by atoms with Gasteiger partial charge < -0.3 is 20.8 Å². The number of aldehydes is 1. The van der Waals surface area contributed by atoms with Gasteiger partial charge in [-0.15, -0.1) is 0 Å². The number of H-pyrrole nitrogens is 1. The first-order valence-corrected chi connectivity index (χ1v) is 9.13. The highest BCUT2D eigenvalue weighted by Crippen LogP contribution is 2.32. The van der Waals surface area contributed by atoms with Gasteiger partial charge in [0.1, 0.15) is 12.1 Å². The maximum Gasteiger partial charge on any atom is 0.220 e. The van der Waals surface area contributed by atoms with Gasteiger partial charge in [-0.2, -0.15) is 0 Å². The number of hydrogen-bond donors (Lipinski definition) is 3. The lowest BCUT2D eigenvalue weighted by molar-refractivity contribution is -0.124. The molecule has 1 amide bonds. The van der Waals surface area contributed by atoms with Crippen LogP contribution >= 0.6 is 0 Å². The van der Waals surface area contributed by atoms with E-state index in [-0.39, 0.29) is 25.3 Å². The summed E-state index contributed by atoms with van der Waals surface area (Å²) < 4.78 is 40.8.